The van der Waals surface area contributed by atoms with Gasteiger partial charge in [0.15, 0.2) is 0 Å². The molecule has 4 aromatic heterocycles. The molecule has 0 unspecified atom stereocenters. The highest BCUT2D eigenvalue weighted by Gasteiger charge is 2.17. The van der Waals surface area contributed by atoms with Crippen molar-refractivity contribution in [2.24, 2.45) is 0 Å². The van der Waals surface area contributed by atoms with Gasteiger partial charge in [-0.1, -0.05) is 72.8 Å². The second kappa shape index (κ2) is 11.4. The first kappa shape index (κ1) is 25.2. The molecule has 42 heavy (non-hydrogen) atoms. The molecule has 0 aliphatic heterocycles. The fourth-order valence-corrected chi connectivity index (χ4v) is 5.30. The first-order valence-electron chi connectivity index (χ1n) is 13.9. The van der Waals surface area contributed by atoms with Gasteiger partial charge in [-0.3, -0.25) is 19.9 Å². The number of pyridine rings is 4. The van der Waals surface area contributed by atoms with E-state index in [-0.39, 0.29) is 0 Å². The van der Waals surface area contributed by atoms with Crippen LogP contribution in [-0.2, 0) is 0 Å². The zero-order valence-corrected chi connectivity index (χ0v) is 22.8. The highest BCUT2D eigenvalue weighted by Crippen LogP contribution is 2.42. The lowest BCUT2D eigenvalue weighted by Crippen LogP contribution is -1.95. The maximum absolute atomic E-state index is 4.75. The molecule has 0 fully saturated rings. The highest BCUT2D eigenvalue weighted by atomic mass is 14.7. The molecule has 0 N–H and O–H groups in total. The Bertz CT molecular complexity index is 1780. The van der Waals surface area contributed by atoms with E-state index in [4.69, 9.17) is 9.97 Å². The minimum absolute atomic E-state index is 0.916. The molecular weight excluding hydrogens is 512 g/mol. The monoisotopic (exact) mass is 538 g/mol. The minimum Gasteiger partial charge on any atom is -0.264 e. The summed E-state index contributed by atoms with van der Waals surface area (Å²) >= 11 is 0. The average molecular weight is 539 g/mol. The van der Waals surface area contributed by atoms with E-state index in [0.717, 1.165) is 67.0 Å². The van der Waals surface area contributed by atoms with Crippen molar-refractivity contribution in [3.05, 3.63) is 159 Å². The second-order valence-electron chi connectivity index (χ2n) is 10.0. The third-order valence-electron chi connectivity index (χ3n) is 7.42. The van der Waals surface area contributed by atoms with Crippen LogP contribution >= 0.6 is 0 Å². The first-order valence-corrected chi connectivity index (χ1v) is 13.9. The van der Waals surface area contributed by atoms with Crippen molar-refractivity contribution in [1.29, 1.82) is 0 Å². The zero-order chi connectivity index (χ0) is 28.1. The summed E-state index contributed by atoms with van der Waals surface area (Å²) in [6.45, 7) is 0. The quantitative estimate of drug-likeness (QED) is 0.212. The zero-order valence-electron chi connectivity index (χ0n) is 22.8. The van der Waals surface area contributed by atoms with Crippen LogP contribution in [0.5, 0.6) is 0 Å². The third-order valence-corrected chi connectivity index (χ3v) is 7.42. The van der Waals surface area contributed by atoms with Crippen molar-refractivity contribution in [3.8, 4) is 67.0 Å². The van der Waals surface area contributed by atoms with Gasteiger partial charge in [-0.05, 0) is 93.0 Å². The van der Waals surface area contributed by atoms with Crippen LogP contribution in [0.15, 0.2) is 159 Å². The molecule has 4 nitrogen and oxygen atoms in total. The predicted octanol–water partition coefficient (Wildman–Crippen LogP) is 9.27. The summed E-state index contributed by atoms with van der Waals surface area (Å²) in [6.07, 6.45) is 11.1. The molecule has 4 heteroatoms. The fourth-order valence-electron chi connectivity index (χ4n) is 5.30. The van der Waals surface area contributed by atoms with Crippen LogP contribution in [0.25, 0.3) is 67.0 Å². The summed E-state index contributed by atoms with van der Waals surface area (Å²) in [5.41, 5.74) is 12.8. The molecule has 0 amide bonds. The summed E-state index contributed by atoms with van der Waals surface area (Å²) in [4.78, 5) is 18.1. The molecule has 0 bridgehead atoms. The Morgan fingerprint density at radius 3 is 1.12 bits per heavy atom. The molecule has 0 radical (unpaired) electrons. The lowest BCUT2D eigenvalue weighted by molar-refractivity contribution is 1.31. The molecular formula is C38H26N4. The third kappa shape index (κ3) is 5.09. The number of hydrogen-bond acceptors (Lipinski definition) is 4. The molecule has 198 valence electrons. The molecule has 0 aliphatic carbocycles. The van der Waals surface area contributed by atoms with Crippen LogP contribution in [-0.4, -0.2) is 19.9 Å². The highest BCUT2D eigenvalue weighted by molar-refractivity contribution is 5.94. The van der Waals surface area contributed by atoms with Gasteiger partial charge in [0, 0.05) is 48.3 Å². The molecule has 4 heterocycles. The van der Waals surface area contributed by atoms with Crippen molar-refractivity contribution >= 4 is 0 Å². The van der Waals surface area contributed by atoms with Crippen molar-refractivity contribution in [3.63, 3.8) is 0 Å². The Hall–Kier alpha value is -5.74. The second-order valence-corrected chi connectivity index (χ2v) is 10.0. The van der Waals surface area contributed by atoms with E-state index in [1.165, 1.54) is 0 Å². The lowest BCUT2D eigenvalue weighted by atomic mass is 9.87. The van der Waals surface area contributed by atoms with Crippen molar-refractivity contribution in [1.82, 2.24) is 19.9 Å². The van der Waals surface area contributed by atoms with Crippen LogP contribution in [0.1, 0.15) is 0 Å². The summed E-state index contributed by atoms with van der Waals surface area (Å²) in [6, 6.07) is 42.0. The summed E-state index contributed by atoms with van der Waals surface area (Å²) in [5, 5.41) is 0. The predicted molar refractivity (Wildman–Crippen MR) is 170 cm³/mol. The van der Waals surface area contributed by atoms with E-state index in [1.807, 2.05) is 61.2 Å². The molecule has 7 aromatic rings. The Morgan fingerprint density at radius 1 is 0.310 bits per heavy atom. The largest absolute Gasteiger partial charge is 0.264 e. The number of benzene rings is 3. The first-order chi connectivity index (χ1) is 20.8. The Morgan fingerprint density at radius 2 is 0.738 bits per heavy atom. The van der Waals surface area contributed by atoms with Gasteiger partial charge in [0.05, 0.1) is 11.4 Å². The SMILES string of the molecule is c1ccc(-c2cc(-c3ccccn3)c(-c3ccc(-c4cccnc4)cc3)cc2-c2ccc(-c3cccnc3)cc2)nc1. The van der Waals surface area contributed by atoms with Crippen molar-refractivity contribution in [2.45, 2.75) is 0 Å². The van der Waals surface area contributed by atoms with Gasteiger partial charge in [0.25, 0.3) is 0 Å². The van der Waals surface area contributed by atoms with Crippen LogP contribution in [0, 0.1) is 0 Å². The lowest BCUT2D eigenvalue weighted by Gasteiger charge is -2.18. The molecule has 0 atom stereocenters. The standard InChI is InChI=1S/C38H26N4/c1-3-21-41-37(9-1)35-24-36(38-10-2-4-22-42-38)34(30-17-13-28(14-18-30)32-8-6-20-40-26-32)23-33(35)29-15-11-27(12-16-29)31-7-5-19-39-25-31/h1-26H. The number of hydrogen-bond donors (Lipinski definition) is 0. The number of rotatable bonds is 6. The molecule has 0 saturated carbocycles. The van der Waals surface area contributed by atoms with Gasteiger partial charge in [-0.2, -0.15) is 0 Å². The van der Waals surface area contributed by atoms with Crippen LogP contribution in [0.2, 0.25) is 0 Å². The fraction of sp³-hybridized carbons (Fsp3) is 0. The molecule has 7 rings (SSSR count). The smallest absolute Gasteiger partial charge is 0.0708 e. The van der Waals surface area contributed by atoms with Crippen molar-refractivity contribution in [2.75, 3.05) is 0 Å². The van der Waals surface area contributed by atoms with Gasteiger partial charge < -0.3 is 0 Å². The van der Waals surface area contributed by atoms with Gasteiger partial charge in [0.2, 0.25) is 0 Å². The van der Waals surface area contributed by atoms with Crippen LogP contribution in [0.4, 0.5) is 0 Å². The van der Waals surface area contributed by atoms with E-state index < -0.39 is 0 Å². The minimum atomic E-state index is 0.916. The maximum atomic E-state index is 4.75. The molecule has 0 spiro atoms. The normalized spacial score (nSPS) is 10.9. The Kier molecular flexibility index (Phi) is 6.85. The van der Waals surface area contributed by atoms with E-state index in [2.05, 4.69) is 94.9 Å². The van der Waals surface area contributed by atoms with Crippen LogP contribution in [0.3, 0.4) is 0 Å². The van der Waals surface area contributed by atoms with Gasteiger partial charge in [-0.15, -0.1) is 0 Å². The summed E-state index contributed by atoms with van der Waals surface area (Å²) in [7, 11) is 0. The van der Waals surface area contributed by atoms with Crippen LogP contribution < -0.4 is 0 Å². The van der Waals surface area contributed by atoms with E-state index in [0.29, 0.717) is 0 Å². The van der Waals surface area contributed by atoms with E-state index in [1.54, 1.807) is 12.4 Å². The molecule has 0 aliphatic rings. The van der Waals surface area contributed by atoms with Gasteiger partial charge >= 0.3 is 0 Å². The Balaban J connectivity index is 1.42. The number of aromatic nitrogens is 4. The summed E-state index contributed by atoms with van der Waals surface area (Å²) < 4.78 is 0. The van der Waals surface area contributed by atoms with Crippen molar-refractivity contribution < 1.29 is 0 Å². The van der Waals surface area contributed by atoms with E-state index in [9.17, 15) is 0 Å². The average Bonchev–Trinajstić information content (AvgIpc) is 3.09. The molecule has 3 aromatic carbocycles. The van der Waals surface area contributed by atoms with Gasteiger partial charge in [-0.25, -0.2) is 0 Å². The maximum Gasteiger partial charge on any atom is 0.0708 e. The topological polar surface area (TPSA) is 51.6 Å². The molecule has 0 saturated heterocycles. The Labute approximate surface area is 245 Å². The number of nitrogens with zero attached hydrogens (tertiary/aromatic N) is 4. The van der Waals surface area contributed by atoms with Gasteiger partial charge in [0.1, 0.15) is 0 Å². The van der Waals surface area contributed by atoms with E-state index >= 15 is 0 Å². The summed E-state index contributed by atoms with van der Waals surface area (Å²) in [5.74, 6) is 0.